The first-order chi connectivity index (χ1) is 16.2. The Morgan fingerprint density at radius 1 is 0.941 bits per heavy atom. The number of hydrogen-bond donors (Lipinski definition) is 1. The SMILES string of the molecule is C[C@@H](c1ccccc1)N1CCN(C[C@H](c2cccc(OC(C)(F)F)c2)C2(O)CCCCC2)CC1. The first kappa shape index (κ1) is 25.1. The number of ether oxygens (including phenoxy) is 1. The molecule has 4 nitrogen and oxygen atoms in total. The molecule has 0 unspecified atom stereocenters. The second kappa shape index (κ2) is 10.7. The minimum atomic E-state index is -3.23. The third-order valence-electron chi connectivity index (χ3n) is 7.60. The molecular weight excluding hydrogens is 434 g/mol. The summed E-state index contributed by atoms with van der Waals surface area (Å²) in [6.07, 6.45) is 1.39. The fraction of sp³-hybridized carbons (Fsp3) is 0.571. The molecule has 2 aromatic carbocycles. The Bertz CT molecular complexity index is 904. The molecule has 0 radical (unpaired) electrons. The Morgan fingerprint density at radius 2 is 1.59 bits per heavy atom. The van der Waals surface area contributed by atoms with Crippen LogP contribution in [-0.4, -0.2) is 59.3 Å². The summed E-state index contributed by atoms with van der Waals surface area (Å²) in [6, 6.07) is 17.9. The molecule has 0 aromatic heterocycles. The van der Waals surface area contributed by atoms with Gasteiger partial charge in [0.2, 0.25) is 0 Å². The van der Waals surface area contributed by atoms with E-state index in [-0.39, 0.29) is 11.7 Å². The van der Waals surface area contributed by atoms with Crippen LogP contribution in [0, 0.1) is 0 Å². The average molecular weight is 473 g/mol. The molecule has 2 atom stereocenters. The highest BCUT2D eigenvalue weighted by atomic mass is 19.3. The molecule has 0 spiro atoms. The van der Waals surface area contributed by atoms with E-state index in [9.17, 15) is 13.9 Å². The number of benzene rings is 2. The van der Waals surface area contributed by atoms with Gasteiger partial charge in [0.05, 0.1) is 5.60 Å². The van der Waals surface area contributed by atoms with E-state index in [0.29, 0.717) is 6.04 Å². The van der Waals surface area contributed by atoms with Gasteiger partial charge in [0, 0.05) is 51.6 Å². The molecule has 0 amide bonds. The molecule has 1 aliphatic carbocycles. The van der Waals surface area contributed by atoms with Gasteiger partial charge in [0.15, 0.2) is 0 Å². The fourth-order valence-corrected chi connectivity index (χ4v) is 5.63. The molecule has 1 saturated heterocycles. The van der Waals surface area contributed by atoms with E-state index in [1.165, 1.54) is 5.56 Å². The van der Waals surface area contributed by atoms with Crippen molar-refractivity contribution in [2.75, 3.05) is 32.7 Å². The summed E-state index contributed by atoms with van der Waals surface area (Å²) in [6.45, 7) is 7.50. The van der Waals surface area contributed by atoms with Crippen LogP contribution in [0.1, 0.15) is 69.0 Å². The van der Waals surface area contributed by atoms with Crippen molar-refractivity contribution in [1.29, 1.82) is 0 Å². The maximum Gasteiger partial charge on any atom is 0.394 e. The van der Waals surface area contributed by atoms with Gasteiger partial charge in [-0.1, -0.05) is 61.7 Å². The molecule has 34 heavy (non-hydrogen) atoms. The number of nitrogens with zero attached hydrogens (tertiary/aromatic N) is 2. The smallest absolute Gasteiger partial charge is 0.394 e. The van der Waals surface area contributed by atoms with Gasteiger partial charge in [0.1, 0.15) is 5.75 Å². The predicted molar refractivity (Wildman–Crippen MR) is 131 cm³/mol. The van der Waals surface area contributed by atoms with E-state index < -0.39 is 11.7 Å². The summed E-state index contributed by atoms with van der Waals surface area (Å²) < 4.78 is 31.8. The van der Waals surface area contributed by atoms with Crippen molar-refractivity contribution in [1.82, 2.24) is 9.80 Å². The predicted octanol–water partition coefficient (Wildman–Crippen LogP) is 5.84. The summed E-state index contributed by atoms with van der Waals surface area (Å²) in [5.74, 6) is 0.0100. The van der Waals surface area contributed by atoms with E-state index in [4.69, 9.17) is 4.74 Å². The standard InChI is InChI=1S/C28H38F2N2O2/c1-22(23-10-5-3-6-11-23)32-18-16-31(17-19-32)21-26(28(33)14-7-4-8-15-28)24-12-9-13-25(20-24)34-27(2,29)30/h3,5-6,9-13,20,22,26,33H,4,7-8,14-19,21H2,1-2H3/t22-,26+/m0/s1. The Labute approximate surface area is 202 Å². The number of hydrogen-bond acceptors (Lipinski definition) is 4. The molecule has 4 rings (SSSR count). The van der Waals surface area contributed by atoms with E-state index in [1.54, 1.807) is 18.2 Å². The van der Waals surface area contributed by atoms with Gasteiger partial charge in [-0.3, -0.25) is 4.90 Å². The van der Waals surface area contributed by atoms with Crippen molar-refractivity contribution >= 4 is 0 Å². The Hall–Kier alpha value is -2.02. The Morgan fingerprint density at radius 3 is 2.24 bits per heavy atom. The van der Waals surface area contributed by atoms with Crippen molar-refractivity contribution in [3.05, 3.63) is 65.7 Å². The number of rotatable bonds is 8. The van der Waals surface area contributed by atoms with E-state index in [1.807, 2.05) is 12.1 Å². The molecule has 1 N–H and O–H groups in total. The van der Waals surface area contributed by atoms with Gasteiger partial charge in [-0.2, -0.15) is 8.78 Å². The van der Waals surface area contributed by atoms with Gasteiger partial charge in [-0.25, -0.2) is 0 Å². The molecule has 2 aromatic rings. The minimum absolute atomic E-state index is 0.139. The lowest BCUT2D eigenvalue weighted by atomic mass is 9.72. The zero-order chi connectivity index (χ0) is 24.2. The normalized spacial score (nSPS) is 21.7. The van der Waals surface area contributed by atoms with Gasteiger partial charge >= 0.3 is 6.11 Å². The molecule has 186 valence electrons. The van der Waals surface area contributed by atoms with Crippen LogP contribution in [0.2, 0.25) is 0 Å². The molecule has 2 fully saturated rings. The van der Waals surface area contributed by atoms with Gasteiger partial charge in [-0.05, 0) is 43.0 Å². The van der Waals surface area contributed by atoms with Crippen molar-refractivity contribution in [3.63, 3.8) is 0 Å². The third kappa shape index (κ3) is 6.35. The summed E-state index contributed by atoms with van der Waals surface area (Å²) in [5.41, 5.74) is 1.39. The summed E-state index contributed by atoms with van der Waals surface area (Å²) in [5, 5.41) is 11.7. The Balaban J connectivity index is 1.47. The van der Waals surface area contributed by atoms with Crippen molar-refractivity contribution < 1.29 is 18.6 Å². The van der Waals surface area contributed by atoms with E-state index >= 15 is 0 Å². The van der Waals surface area contributed by atoms with Crippen molar-refractivity contribution in [3.8, 4) is 5.75 Å². The lowest BCUT2D eigenvalue weighted by Crippen LogP contribution is -2.51. The maximum atomic E-state index is 13.5. The molecule has 0 bridgehead atoms. The van der Waals surface area contributed by atoms with Crippen LogP contribution in [0.25, 0.3) is 0 Å². The van der Waals surface area contributed by atoms with Crippen LogP contribution in [0.4, 0.5) is 8.78 Å². The van der Waals surface area contributed by atoms with Crippen LogP contribution in [0.15, 0.2) is 54.6 Å². The van der Waals surface area contributed by atoms with Crippen LogP contribution in [0.3, 0.4) is 0 Å². The zero-order valence-electron chi connectivity index (χ0n) is 20.4. The second-order valence-electron chi connectivity index (χ2n) is 10.1. The lowest BCUT2D eigenvalue weighted by Gasteiger charge is -2.44. The van der Waals surface area contributed by atoms with Crippen molar-refractivity contribution in [2.45, 2.75) is 69.6 Å². The van der Waals surface area contributed by atoms with Crippen molar-refractivity contribution in [2.24, 2.45) is 0 Å². The molecule has 2 aliphatic rings. The van der Waals surface area contributed by atoms with E-state index in [0.717, 1.165) is 77.3 Å². The number of halogens is 2. The molecule has 1 saturated carbocycles. The second-order valence-corrected chi connectivity index (χ2v) is 10.1. The molecule has 1 aliphatic heterocycles. The molecular formula is C28H38F2N2O2. The number of aliphatic hydroxyl groups is 1. The quantitative estimate of drug-likeness (QED) is 0.524. The maximum absolute atomic E-state index is 13.5. The van der Waals surface area contributed by atoms with Crippen LogP contribution in [-0.2, 0) is 0 Å². The van der Waals surface area contributed by atoms with E-state index in [2.05, 4.69) is 41.0 Å². The number of alkyl halides is 2. The lowest BCUT2D eigenvalue weighted by molar-refractivity contribution is -0.159. The molecule has 1 heterocycles. The van der Waals surface area contributed by atoms with Crippen LogP contribution >= 0.6 is 0 Å². The fourth-order valence-electron chi connectivity index (χ4n) is 5.63. The topological polar surface area (TPSA) is 35.9 Å². The zero-order valence-corrected chi connectivity index (χ0v) is 20.4. The highest BCUT2D eigenvalue weighted by Gasteiger charge is 2.40. The van der Waals surface area contributed by atoms with Gasteiger partial charge < -0.3 is 14.7 Å². The summed E-state index contributed by atoms with van der Waals surface area (Å²) in [4.78, 5) is 4.93. The summed E-state index contributed by atoms with van der Waals surface area (Å²) >= 11 is 0. The highest BCUT2D eigenvalue weighted by Crippen LogP contribution is 2.41. The third-order valence-corrected chi connectivity index (χ3v) is 7.60. The first-order valence-electron chi connectivity index (χ1n) is 12.6. The monoisotopic (exact) mass is 472 g/mol. The van der Waals surface area contributed by atoms with Crippen LogP contribution in [0.5, 0.6) is 5.75 Å². The van der Waals surface area contributed by atoms with Gasteiger partial charge in [-0.15, -0.1) is 0 Å². The largest absolute Gasteiger partial charge is 0.433 e. The molecule has 6 heteroatoms. The first-order valence-corrected chi connectivity index (χ1v) is 12.6. The minimum Gasteiger partial charge on any atom is -0.433 e. The van der Waals surface area contributed by atoms with Gasteiger partial charge in [0.25, 0.3) is 0 Å². The van der Waals surface area contributed by atoms with Crippen LogP contribution < -0.4 is 4.74 Å². The highest BCUT2D eigenvalue weighted by molar-refractivity contribution is 5.33. The average Bonchev–Trinajstić information content (AvgIpc) is 2.82. The summed E-state index contributed by atoms with van der Waals surface area (Å²) in [7, 11) is 0. The number of piperazine rings is 1. The Kier molecular flexibility index (Phi) is 7.90.